The van der Waals surface area contributed by atoms with Crippen LogP contribution in [-0.4, -0.2) is 49.7 Å². The third-order valence-electron chi connectivity index (χ3n) is 2.96. The third kappa shape index (κ3) is 7.65. The van der Waals surface area contributed by atoms with E-state index in [2.05, 4.69) is 10.6 Å². The first-order chi connectivity index (χ1) is 12.5. The molecular formula is C17H22N2O7. The topological polar surface area (TPSA) is 120 Å². The number of hydrogen-bond acceptors (Lipinski definition) is 7. The van der Waals surface area contributed by atoms with Crippen LogP contribution in [-0.2, 0) is 35.2 Å². The van der Waals surface area contributed by atoms with Gasteiger partial charge in [-0.25, -0.2) is 14.4 Å². The summed E-state index contributed by atoms with van der Waals surface area (Å²) < 4.78 is 14.4. The molecule has 0 aromatic heterocycles. The number of benzene rings is 1. The van der Waals surface area contributed by atoms with E-state index < -0.39 is 36.5 Å². The molecule has 1 aromatic carbocycles. The van der Waals surface area contributed by atoms with Gasteiger partial charge in [0.05, 0.1) is 13.2 Å². The average Bonchev–Trinajstić information content (AvgIpc) is 2.63. The van der Waals surface area contributed by atoms with Crippen molar-refractivity contribution in [1.29, 1.82) is 0 Å². The number of amides is 2. The number of rotatable bonds is 9. The summed E-state index contributed by atoms with van der Waals surface area (Å²) in [6, 6.07) is 7.40. The Bertz CT molecular complexity index is 601. The van der Waals surface area contributed by atoms with Gasteiger partial charge in [0.15, 0.2) is 0 Å². The van der Waals surface area contributed by atoms with Crippen molar-refractivity contribution in [3.05, 3.63) is 35.9 Å². The maximum absolute atomic E-state index is 11.9. The van der Waals surface area contributed by atoms with Crippen molar-refractivity contribution in [2.75, 3.05) is 19.8 Å². The van der Waals surface area contributed by atoms with Crippen molar-refractivity contribution in [3.8, 4) is 0 Å². The molecule has 0 radical (unpaired) electrons. The van der Waals surface area contributed by atoms with Gasteiger partial charge in [-0.05, 0) is 19.4 Å². The predicted molar refractivity (Wildman–Crippen MR) is 89.8 cm³/mol. The van der Waals surface area contributed by atoms with Crippen LogP contribution in [0, 0.1) is 0 Å². The maximum atomic E-state index is 11.9. The lowest BCUT2D eigenvalue weighted by molar-refractivity contribution is -0.159. The van der Waals surface area contributed by atoms with Gasteiger partial charge < -0.3 is 24.8 Å². The molecule has 26 heavy (non-hydrogen) atoms. The Balaban J connectivity index is 2.44. The molecule has 0 saturated heterocycles. The molecule has 0 spiro atoms. The van der Waals surface area contributed by atoms with Gasteiger partial charge in [0.2, 0.25) is 11.9 Å². The summed E-state index contributed by atoms with van der Waals surface area (Å²) in [6.07, 6.45) is -0.812. The van der Waals surface area contributed by atoms with Crippen LogP contribution in [0.4, 0.5) is 4.79 Å². The summed E-state index contributed by atoms with van der Waals surface area (Å²) >= 11 is 0. The monoisotopic (exact) mass is 366 g/mol. The van der Waals surface area contributed by atoms with Gasteiger partial charge in [-0.3, -0.25) is 4.79 Å². The van der Waals surface area contributed by atoms with E-state index in [1.807, 2.05) is 6.07 Å². The fourth-order valence-electron chi connectivity index (χ4n) is 1.80. The average molecular weight is 366 g/mol. The first-order valence-electron chi connectivity index (χ1n) is 8.05. The molecule has 0 aliphatic heterocycles. The quantitative estimate of drug-likeness (QED) is 0.371. The van der Waals surface area contributed by atoms with Crippen molar-refractivity contribution in [1.82, 2.24) is 10.6 Å². The second kappa shape index (κ2) is 11.5. The predicted octanol–water partition coefficient (Wildman–Crippen LogP) is 0.524. The van der Waals surface area contributed by atoms with Gasteiger partial charge in [-0.2, -0.15) is 0 Å². The Morgan fingerprint density at radius 2 is 1.50 bits per heavy atom. The smallest absolute Gasteiger partial charge is 0.407 e. The number of esters is 2. The van der Waals surface area contributed by atoms with Crippen molar-refractivity contribution < 1.29 is 33.4 Å². The minimum atomic E-state index is -1.59. The fraction of sp³-hybridized carbons (Fsp3) is 0.412. The standard InChI is InChI=1S/C17H22N2O7/c1-3-24-15(21)14(16(22)25-4-2)19-13(20)10-18-17(23)26-11-12-8-6-5-7-9-12/h5-9,14H,3-4,10-11H2,1-2H3,(H,18,23)(H,19,20). The summed E-state index contributed by atoms with van der Waals surface area (Å²) in [5, 5.41) is 4.38. The molecule has 0 aliphatic carbocycles. The van der Waals surface area contributed by atoms with Crippen molar-refractivity contribution >= 4 is 23.9 Å². The molecule has 2 amide bonds. The highest BCUT2D eigenvalue weighted by Gasteiger charge is 2.31. The molecule has 0 unspecified atom stereocenters. The zero-order valence-electron chi connectivity index (χ0n) is 14.7. The molecule has 142 valence electrons. The van der Waals surface area contributed by atoms with Crippen LogP contribution in [0.5, 0.6) is 0 Å². The summed E-state index contributed by atoms with van der Waals surface area (Å²) in [4.78, 5) is 46.9. The molecule has 0 saturated carbocycles. The Kier molecular flexibility index (Phi) is 9.23. The van der Waals surface area contributed by atoms with Gasteiger partial charge in [-0.15, -0.1) is 0 Å². The highest BCUT2D eigenvalue weighted by atomic mass is 16.6. The van der Waals surface area contributed by atoms with E-state index in [1.165, 1.54) is 0 Å². The van der Waals surface area contributed by atoms with Crippen LogP contribution < -0.4 is 10.6 Å². The summed E-state index contributed by atoms with van der Waals surface area (Å²) in [5.74, 6) is -2.65. The number of carbonyl (C=O) groups excluding carboxylic acids is 4. The molecular weight excluding hydrogens is 344 g/mol. The first kappa shape index (κ1) is 20.9. The van der Waals surface area contributed by atoms with Crippen LogP contribution in [0.1, 0.15) is 19.4 Å². The molecule has 9 heteroatoms. The van der Waals surface area contributed by atoms with E-state index >= 15 is 0 Å². The van der Waals surface area contributed by atoms with E-state index in [9.17, 15) is 19.2 Å². The van der Waals surface area contributed by atoms with Crippen LogP contribution in [0.15, 0.2) is 30.3 Å². The normalized spacial score (nSPS) is 9.96. The first-order valence-corrected chi connectivity index (χ1v) is 8.05. The van der Waals surface area contributed by atoms with Crippen LogP contribution in [0.2, 0.25) is 0 Å². The minimum Gasteiger partial charge on any atom is -0.464 e. The third-order valence-corrected chi connectivity index (χ3v) is 2.96. The molecule has 9 nitrogen and oxygen atoms in total. The summed E-state index contributed by atoms with van der Waals surface area (Å²) in [6.45, 7) is 2.76. The highest BCUT2D eigenvalue weighted by Crippen LogP contribution is 2.00. The second-order valence-corrected chi connectivity index (χ2v) is 4.92. The van der Waals surface area contributed by atoms with Gasteiger partial charge in [0.25, 0.3) is 0 Å². The van der Waals surface area contributed by atoms with Crippen molar-refractivity contribution in [2.45, 2.75) is 26.5 Å². The maximum Gasteiger partial charge on any atom is 0.407 e. The summed E-state index contributed by atoms with van der Waals surface area (Å²) in [7, 11) is 0. The molecule has 0 bridgehead atoms. The van der Waals surface area contributed by atoms with E-state index in [0.29, 0.717) is 0 Å². The zero-order chi connectivity index (χ0) is 19.4. The summed E-state index contributed by atoms with van der Waals surface area (Å²) in [5.41, 5.74) is 0.789. The SMILES string of the molecule is CCOC(=O)C(NC(=O)CNC(=O)OCc1ccccc1)C(=O)OCC. The van der Waals surface area contributed by atoms with Gasteiger partial charge in [0.1, 0.15) is 13.2 Å². The van der Waals surface area contributed by atoms with E-state index in [0.717, 1.165) is 5.56 Å². The highest BCUT2D eigenvalue weighted by molar-refractivity contribution is 6.02. The minimum absolute atomic E-state index is 0.0364. The Hall–Kier alpha value is -3.10. The lowest BCUT2D eigenvalue weighted by atomic mass is 10.2. The molecule has 1 rings (SSSR count). The number of alkyl carbamates (subject to hydrolysis) is 1. The number of nitrogens with one attached hydrogen (secondary N) is 2. The van der Waals surface area contributed by atoms with E-state index in [-0.39, 0.29) is 19.8 Å². The molecule has 0 fully saturated rings. The number of ether oxygens (including phenoxy) is 3. The van der Waals surface area contributed by atoms with Crippen molar-refractivity contribution in [3.63, 3.8) is 0 Å². The Morgan fingerprint density at radius 3 is 2.04 bits per heavy atom. The molecule has 0 aliphatic rings. The number of hydrogen-bond donors (Lipinski definition) is 2. The van der Waals surface area contributed by atoms with Crippen LogP contribution >= 0.6 is 0 Å². The van der Waals surface area contributed by atoms with E-state index in [1.54, 1.807) is 38.1 Å². The lowest BCUT2D eigenvalue weighted by Crippen LogP contribution is -2.51. The Morgan fingerprint density at radius 1 is 0.923 bits per heavy atom. The van der Waals surface area contributed by atoms with E-state index in [4.69, 9.17) is 14.2 Å². The molecule has 0 heterocycles. The Labute approximate surface area is 151 Å². The molecule has 1 aromatic rings. The fourth-order valence-corrected chi connectivity index (χ4v) is 1.80. The van der Waals surface area contributed by atoms with Crippen molar-refractivity contribution in [2.24, 2.45) is 0 Å². The largest absolute Gasteiger partial charge is 0.464 e. The van der Waals surface area contributed by atoms with Crippen LogP contribution in [0.3, 0.4) is 0 Å². The second-order valence-electron chi connectivity index (χ2n) is 4.92. The van der Waals surface area contributed by atoms with Gasteiger partial charge in [-0.1, -0.05) is 30.3 Å². The van der Waals surface area contributed by atoms with Crippen LogP contribution in [0.25, 0.3) is 0 Å². The molecule has 0 atom stereocenters. The van der Waals surface area contributed by atoms with Gasteiger partial charge in [0, 0.05) is 0 Å². The number of carbonyl (C=O) groups is 4. The zero-order valence-corrected chi connectivity index (χ0v) is 14.7. The van der Waals surface area contributed by atoms with Gasteiger partial charge >= 0.3 is 18.0 Å². The lowest BCUT2D eigenvalue weighted by Gasteiger charge is -2.16. The molecule has 2 N–H and O–H groups in total.